The standard InChI is InChI=1S/C22H22FN5O2S/c1-28(12-14-2-4-15(5-3-14)20(29)24-18-10-11-18)13-19-26-27-22(31-19)21(30)25-17-8-6-16(23)7-9-17/h2-9,18H,10-13H2,1H3,(H,24,29)(H,25,30). The summed E-state index contributed by atoms with van der Waals surface area (Å²) in [5.41, 5.74) is 2.23. The summed E-state index contributed by atoms with van der Waals surface area (Å²) in [7, 11) is 1.95. The molecule has 1 fully saturated rings. The zero-order chi connectivity index (χ0) is 21.8. The molecule has 1 heterocycles. The maximum atomic E-state index is 13.0. The van der Waals surface area contributed by atoms with Crippen molar-refractivity contribution < 1.29 is 14.0 Å². The van der Waals surface area contributed by atoms with Gasteiger partial charge in [0, 0.05) is 23.8 Å². The highest BCUT2D eigenvalue weighted by Gasteiger charge is 2.23. The summed E-state index contributed by atoms with van der Waals surface area (Å²) in [6, 6.07) is 13.4. The molecule has 2 aromatic carbocycles. The van der Waals surface area contributed by atoms with Crippen molar-refractivity contribution in [3.8, 4) is 0 Å². The third-order valence-corrected chi connectivity index (χ3v) is 5.66. The van der Waals surface area contributed by atoms with Crippen LogP contribution in [0.5, 0.6) is 0 Å². The van der Waals surface area contributed by atoms with Gasteiger partial charge in [0.05, 0.1) is 6.54 Å². The molecule has 0 atom stereocenters. The summed E-state index contributed by atoms with van der Waals surface area (Å²) >= 11 is 1.22. The maximum absolute atomic E-state index is 13.0. The number of amides is 2. The van der Waals surface area contributed by atoms with E-state index in [1.165, 1.54) is 35.6 Å². The fourth-order valence-electron chi connectivity index (χ4n) is 2.98. The average molecular weight is 440 g/mol. The Labute approximate surface area is 183 Å². The molecule has 1 aliphatic carbocycles. The molecule has 0 radical (unpaired) electrons. The molecule has 4 rings (SSSR count). The van der Waals surface area contributed by atoms with E-state index in [0.717, 1.165) is 18.4 Å². The van der Waals surface area contributed by atoms with Crippen LogP contribution in [0.15, 0.2) is 48.5 Å². The summed E-state index contributed by atoms with van der Waals surface area (Å²) in [5, 5.41) is 14.7. The molecule has 0 bridgehead atoms. The Hall–Kier alpha value is -3.17. The van der Waals surface area contributed by atoms with Crippen molar-refractivity contribution in [1.82, 2.24) is 20.4 Å². The molecule has 0 saturated heterocycles. The predicted molar refractivity (Wildman–Crippen MR) is 116 cm³/mol. The van der Waals surface area contributed by atoms with Gasteiger partial charge in [-0.3, -0.25) is 14.5 Å². The van der Waals surface area contributed by atoms with E-state index in [4.69, 9.17) is 0 Å². The number of rotatable bonds is 8. The number of nitrogens with one attached hydrogen (secondary N) is 2. The second-order valence-corrected chi connectivity index (χ2v) is 8.64. The predicted octanol–water partition coefficient (Wildman–Crippen LogP) is 3.45. The minimum Gasteiger partial charge on any atom is -0.349 e. The number of carbonyl (C=O) groups excluding carboxylic acids is 2. The first-order valence-electron chi connectivity index (χ1n) is 9.94. The van der Waals surface area contributed by atoms with E-state index in [1.54, 1.807) is 0 Å². The molecular weight excluding hydrogens is 417 g/mol. The topological polar surface area (TPSA) is 87.2 Å². The van der Waals surface area contributed by atoms with Gasteiger partial charge in [-0.1, -0.05) is 23.5 Å². The summed E-state index contributed by atoms with van der Waals surface area (Å²) < 4.78 is 13.0. The monoisotopic (exact) mass is 439 g/mol. The summed E-state index contributed by atoms with van der Waals surface area (Å²) in [6.07, 6.45) is 2.13. The number of carbonyl (C=O) groups is 2. The lowest BCUT2D eigenvalue weighted by atomic mass is 10.1. The van der Waals surface area contributed by atoms with Crippen molar-refractivity contribution in [3.05, 3.63) is 75.5 Å². The first kappa shape index (κ1) is 21.1. The number of nitrogens with zero attached hydrogens (tertiary/aromatic N) is 3. The van der Waals surface area contributed by atoms with Crippen molar-refractivity contribution in [2.75, 3.05) is 12.4 Å². The van der Waals surface area contributed by atoms with E-state index in [0.29, 0.717) is 35.4 Å². The zero-order valence-electron chi connectivity index (χ0n) is 17.0. The molecule has 3 aromatic rings. The quantitative estimate of drug-likeness (QED) is 0.561. The Bertz CT molecular complexity index is 1060. The van der Waals surface area contributed by atoms with Gasteiger partial charge >= 0.3 is 0 Å². The smallest absolute Gasteiger partial charge is 0.286 e. The molecule has 0 spiro atoms. The summed E-state index contributed by atoms with van der Waals surface area (Å²) in [4.78, 5) is 26.4. The van der Waals surface area contributed by atoms with Crippen LogP contribution in [0.1, 0.15) is 43.6 Å². The van der Waals surface area contributed by atoms with Crippen molar-refractivity contribution >= 4 is 28.8 Å². The van der Waals surface area contributed by atoms with Crippen LogP contribution in [0.2, 0.25) is 0 Å². The third kappa shape index (κ3) is 5.93. The van der Waals surface area contributed by atoms with Gasteiger partial charge in [0.1, 0.15) is 10.8 Å². The number of halogens is 1. The fraction of sp³-hybridized carbons (Fsp3) is 0.273. The SMILES string of the molecule is CN(Cc1ccc(C(=O)NC2CC2)cc1)Cc1nnc(C(=O)Nc2ccc(F)cc2)s1. The van der Waals surface area contributed by atoms with Crippen molar-refractivity contribution in [3.63, 3.8) is 0 Å². The highest BCUT2D eigenvalue weighted by atomic mass is 32.1. The average Bonchev–Trinajstić information content (AvgIpc) is 3.44. The zero-order valence-corrected chi connectivity index (χ0v) is 17.8. The lowest BCUT2D eigenvalue weighted by Gasteiger charge is -2.15. The van der Waals surface area contributed by atoms with Crippen molar-refractivity contribution in [2.45, 2.75) is 32.0 Å². The molecule has 0 unspecified atom stereocenters. The highest BCUT2D eigenvalue weighted by Crippen LogP contribution is 2.20. The molecule has 1 aromatic heterocycles. The second-order valence-electron chi connectivity index (χ2n) is 7.58. The molecule has 2 amide bonds. The number of hydrogen-bond donors (Lipinski definition) is 2. The molecule has 31 heavy (non-hydrogen) atoms. The van der Waals surface area contributed by atoms with Crippen LogP contribution in [0.3, 0.4) is 0 Å². The fourth-order valence-corrected chi connectivity index (χ4v) is 3.80. The minimum atomic E-state index is -0.377. The molecule has 0 aliphatic heterocycles. The van der Waals surface area contributed by atoms with Crippen LogP contribution in [-0.4, -0.2) is 40.0 Å². The van der Waals surface area contributed by atoms with E-state index in [9.17, 15) is 14.0 Å². The number of anilines is 1. The van der Waals surface area contributed by atoms with Gasteiger partial charge in [-0.15, -0.1) is 10.2 Å². The van der Waals surface area contributed by atoms with E-state index in [2.05, 4.69) is 25.7 Å². The molecule has 9 heteroatoms. The normalized spacial score (nSPS) is 13.3. The van der Waals surface area contributed by atoms with Gasteiger partial charge in [0.15, 0.2) is 0 Å². The van der Waals surface area contributed by atoms with Crippen LogP contribution >= 0.6 is 11.3 Å². The molecule has 7 nitrogen and oxygen atoms in total. The van der Waals surface area contributed by atoms with Gasteiger partial charge in [-0.2, -0.15) is 0 Å². The van der Waals surface area contributed by atoms with Crippen molar-refractivity contribution in [2.24, 2.45) is 0 Å². The summed E-state index contributed by atoms with van der Waals surface area (Å²) in [6.45, 7) is 1.20. The van der Waals surface area contributed by atoms with E-state index >= 15 is 0 Å². The van der Waals surface area contributed by atoms with Gasteiger partial charge in [-0.25, -0.2) is 4.39 Å². The van der Waals surface area contributed by atoms with Crippen molar-refractivity contribution in [1.29, 1.82) is 0 Å². The highest BCUT2D eigenvalue weighted by molar-refractivity contribution is 7.13. The lowest BCUT2D eigenvalue weighted by Crippen LogP contribution is -2.25. The Balaban J connectivity index is 1.29. The molecule has 1 saturated carbocycles. The van der Waals surface area contributed by atoms with E-state index < -0.39 is 0 Å². The molecule has 160 valence electrons. The largest absolute Gasteiger partial charge is 0.349 e. The van der Waals surface area contributed by atoms with E-state index in [-0.39, 0.29) is 22.6 Å². The van der Waals surface area contributed by atoms with Crippen LogP contribution in [0.25, 0.3) is 0 Å². The Morgan fingerprint density at radius 1 is 1.03 bits per heavy atom. The minimum absolute atomic E-state index is 0.0253. The maximum Gasteiger partial charge on any atom is 0.286 e. The first-order chi connectivity index (χ1) is 15.0. The summed E-state index contributed by atoms with van der Waals surface area (Å²) in [5.74, 6) is -0.767. The van der Waals surface area contributed by atoms with Gasteiger partial charge < -0.3 is 10.6 Å². The lowest BCUT2D eigenvalue weighted by molar-refractivity contribution is 0.0950. The number of aromatic nitrogens is 2. The number of hydrogen-bond acceptors (Lipinski definition) is 6. The second kappa shape index (κ2) is 9.32. The Kier molecular flexibility index (Phi) is 6.34. The van der Waals surface area contributed by atoms with Crippen LogP contribution in [-0.2, 0) is 13.1 Å². The van der Waals surface area contributed by atoms with Gasteiger partial charge in [0.2, 0.25) is 5.01 Å². The van der Waals surface area contributed by atoms with Crippen LogP contribution in [0, 0.1) is 5.82 Å². The first-order valence-corrected chi connectivity index (χ1v) is 10.8. The third-order valence-electron chi connectivity index (χ3n) is 4.75. The van der Waals surface area contributed by atoms with Crippen LogP contribution in [0.4, 0.5) is 10.1 Å². The Morgan fingerprint density at radius 2 is 1.74 bits per heavy atom. The Morgan fingerprint density at radius 3 is 2.42 bits per heavy atom. The van der Waals surface area contributed by atoms with Crippen LogP contribution < -0.4 is 10.6 Å². The number of benzene rings is 2. The van der Waals surface area contributed by atoms with Gasteiger partial charge in [-0.05, 0) is 61.9 Å². The van der Waals surface area contributed by atoms with Gasteiger partial charge in [0.25, 0.3) is 11.8 Å². The van der Waals surface area contributed by atoms with E-state index in [1.807, 2.05) is 31.3 Å². The molecule has 2 N–H and O–H groups in total. The molecule has 1 aliphatic rings. The molecular formula is C22H22FN5O2S.